The Labute approximate surface area is 121 Å². The van der Waals surface area contributed by atoms with Crippen LogP contribution in [0, 0.1) is 0 Å². The molecule has 0 spiro atoms. The maximum Gasteiger partial charge on any atom is 0.151 e. The number of piperidine rings is 1. The Balaban J connectivity index is 1.94. The van der Waals surface area contributed by atoms with Crippen molar-refractivity contribution in [3.63, 3.8) is 0 Å². The second-order valence-electron chi connectivity index (χ2n) is 4.60. The third-order valence-electron chi connectivity index (χ3n) is 3.36. The second-order valence-corrected chi connectivity index (χ2v) is 5.46. The monoisotopic (exact) mass is 327 g/mol. The summed E-state index contributed by atoms with van der Waals surface area (Å²) in [6, 6.07) is 5.79. The lowest BCUT2D eigenvalue weighted by Gasteiger charge is -2.33. The Bertz CT molecular complexity index is 431. The number of rotatable bonds is 5. The van der Waals surface area contributed by atoms with Gasteiger partial charge in [-0.25, -0.2) is 0 Å². The normalized spacial score (nSPS) is 16.6. The van der Waals surface area contributed by atoms with Crippen LogP contribution in [0.2, 0.25) is 0 Å². The first-order valence-electron chi connectivity index (χ1n) is 6.46. The number of hydrogen-bond acceptors (Lipinski definition) is 4. The third kappa shape index (κ3) is 3.78. The fourth-order valence-corrected chi connectivity index (χ4v) is 2.77. The molecular weight excluding hydrogens is 310 g/mol. The Morgan fingerprint density at radius 1 is 1.42 bits per heavy atom. The molecule has 1 aromatic rings. The van der Waals surface area contributed by atoms with E-state index >= 15 is 0 Å². The summed E-state index contributed by atoms with van der Waals surface area (Å²) < 4.78 is 6.38. The van der Waals surface area contributed by atoms with Gasteiger partial charge in [0.25, 0.3) is 0 Å². The Morgan fingerprint density at radius 3 is 2.74 bits per heavy atom. The summed E-state index contributed by atoms with van der Waals surface area (Å²) in [6.07, 6.45) is 3.03. The van der Waals surface area contributed by atoms with Crippen molar-refractivity contribution in [1.29, 1.82) is 0 Å². The lowest BCUT2D eigenvalue weighted by atomic mass is 10.1. The average Bonchev–Trinajstić information content (AvgIpc) is 2.45. The van der Waals surface area contributed by atoms with Gasteiger partial charge < -0.3 is 14.7 Å². The minimum Gasteiger partial charge on any atom is -0.394 e. The van der Waals surface area contributed by atoms with Gasteiger partial charge in [-0.15, -0.1) is 0 Å². The summed E-state index contributed by atoms with van der Waals surface area (Å²) in [7, 11) is 0. The molecule has 0 bridgehead atoms. The van der Waals surface area contributed by atoms with E-state index in [0.29, 0.717) is 12.2 Å². The van der Waals surface area contributed by atoms with E-state index in [4.69, 9.17) is 9.84 Å². The molecule has 0 atom stereocenters. The molecule has 0 aromatic heterocycles. The fourth-order valence-electron chi connectivity index (χ4n) is 2.31. The highest BCUT2D eigenvalue weighted by molar-refractivity contribution is 9.10. The predicted octanol–water partition coefficient (Wildman–Crippen LogP) is 2.24. The number of anilines is 1. The molecular formula is C14H18BrNO3. The molecule has 1 aromatic carbocycles. The van der Waals surface area contributed by atoms with Gasteiger partial charge in [-0.2, -0.15) is 0 Å². The third-order valence-corrected chi connectivity index (χ3v) is 4.05. The van der Waals surface area contributed by atoms with Gasteiger partial charge in [0.15, 0.2) is 6.29 Å². The molecule has 0 amide bonds. The number of aliphatic hydroxyl groups is 1. The van der Waals surface area contributed by atoms with E-state index in [1.54, 1.807) is 0 Å². The van der Waals surface area contributed by atoms with Crippen LogP contribution in [-0.4, -0.2) is 43.8 Å². The number of hydrogen-bond donors (Lipinski definition) is 1. The maximum atomic E-state index is 10.8. The van der Waals surface area contributed by atoms with Crippen LogP contribution >= 0.6 is 15.9 Å². The molecule has 4 nitrogen and oxygen atoms in total. The zero-order chi connectivity index (χ0) is 13.7. The molecule has 0 radical (unpaired) electrons. The highest BCUT2D eigenvalue weighted by Crippen LogP contribution is 2.26. The van der Waals surface area contributed by atoms with Gasteiger partial charge in [-0.3, -0.25) is 4.79 Å². The quantitative estimate of drug-likeness (QED) is 0.843. The number of aliphatic hydroxyl groups excluding tert-OH is 1. The van der Waals surface area contributed by atoms with E-state index in [1.165, 1.54) is 0 Å². The molecule has 0 aliphatic carbocycles. The van der Waals surface area contributed by atoms with Gasteiger partial charge in [0, 0.05) is 28.8 Å². The number of benzene rings is 1. The zero-order valence-corrected chi connectivity index (χ0v) is 12.3. The molecule has 1 aliphatic heterocycles. The second kappa shape index (κ2) is 7.03. The molecule has 1 N–H and O–H groups in total. The van der Waals surface area contributed by atoms with Crippen molar-refractivity contribution in [2.75, 3.05) is 31.2 Å². The Kier molecular flexibility index (Phi) is 5.36. The SMILES string of the molecule is O=Cc1ccc(N2CCC(OCCO)CC2)cc1Br. The summed E-state index contributed by atoms with van der Waals surface area (Å²) in [6.45, 7) is 2.37. The molecule has 0 saturated carbocycles. The standard InChI is InChI=1S/C14H18BrNO3/c15-14-9-12(2-1-11(14)10-18)16-5-3-13(4-6-16)19-8-7-17/h1-2,9-10,13,17H,3-8H2. The van der Waals surface area contributed by atoms with E-state index in [9.17, 15) is 4.79 Å². The summed E-state index contributed by atoms with van der Waals surface area (Å²) in [5.41, 5.74) is 1.79. The number of carbonyl (C=O) groups is 1. The van der Waals surface area contributed by atoms with E-state index < -0.39 is 0 Å². The van der Waals surface area contributed by atoms with Crippen LogP contribution in [0.1, 0.15) is 23.2 Å². The van der Waals surface area contributed by atoms with Crippen LogP contribution in [-0.2, 0) is 4.74 Å². The minimum atomic E-state index is 0.0836. The molecule has 2 rings (SSSR count). The average molecular weight is 328 g/mol. The first-order chi connectivity index (χ1) is 9.24. The number of halogens is 1. The maximum absolute atomic E-state index is 10.8. The lowest BCUT2D eigenvalue weighted by Crippen LogP contribution is -2.37. The first-order valence-corrected chi connectivity index (χ1v) is 7.26. The smallest absolute Gasteiger partial charge is 0.151 e. The highest BCUT2D eigenvalue weighted by Gasteiger charge is 2.20. The molecule has 19 heavy (non-hydrogen) atoms. The van der Waals surface area contributed by atoms with E-state index in [-0.39, 0.29) is 12.7 Å². The Hall–Kier alpha value is -0.910. The van der Waals surface area contributed by atoms with E-state index in [1.807, 2.05) is 18.2 Å². The van der Waals surface area contributed by atoms with Gasteiger partial charge in [0.1, 0.15) is 0 Å². The van der Waals surface area contributed by atoms with E-state index in [0.717, 1.165) is 42.4 Å². The molecule has 0 unspecified atom stereocenters. The van der Waals surface area contributed by atoms with Crippen molar-refractivity contribution in [1.82, 2.24) is 0 Å². The van der Waals surface area contributed by atoms with Gasteiger partial charge >= 0.3 is 0 Å². The van der Waals surface area contributed by atoms with Crippen molar-refractivity contribution in [3.8, 4) is 0 Å². The van der Waals surface area contributed by atoms with Crippen LogP contribution in [0.5, 0.6) is 0 Å². The summed E-state index contributed by atoms with van der Waals surface area (Å²) >= 11 is 3.41. The molecule has 1 aliphatic rings. The van der Waals surface area contributed by atoms with Crippen molar-refractivity contribution >= 4 is 27.9 Å². The number of ether oxygens (including phenoxy) is 1. The first kappa shape index (κ1) is 14.5. The van der Waals surface area contributed by atoms with Crippen molar-refractivity contribution in [2.24, 2.45) is 0 Å². The molecule has 1 heterocycles. The van der Waals surface area contributed by atoms with Gasteiger partial charge in [0.2, 0.25) is 0 Å². The number of carbonyl (C=O) groups excluding carboxylic acids is 1. The van der Waals surface area contributed by atoms with Crippen LogP contribution < -0.4 is 4.90 Å². The summed E-state index contributed by atoms with van der Waals surface area (Å²) in [4.78, 5) is 13.1. The van der Waals surface area contributed by atoms with E-state index in [2.05, 4.69) is 20.8 Å². The van der Waals surface area contributed by atoms with Crippen molar-refractivity contribution < 1.29 is 14.6 Å². The van der Waals surface area contributed by atoms with Gasteiger partial charge in [0.05, 0.1) is 19.3 Å². The summed E-state index contributed by atoms with van der Waals surface area (Å²) in [5.74, 6) is 0. The molecule has 5 heteroatoms. The predicted molar refractivity (Wildman–Crippen MR) is 77.8 cm³/mol. The van der Waals surface area contributed by atoms with Crippen LogP contribution in [0.4, 0.5) is 5.69 Å². The lowest BCUT2D eigenvalue weighted by molar-refractivity contribution is 0.0159. The molecule has 1 fully saturated rings. The minimum absolute atomic E-state index is 0.0836. The zero-order valence-electron chi connectivity index (χ0n) is 10.7. The Morgan fingerprint density at radius 2 is 2.16 bits per heavy atom. The number of nitrogens with zero attached hydrogens (tertiary/aromatic N) is 1. The van der Waals surface area contributed by atoms with Crippen LogP contribution in [0.3, 0.4) is 0 Å². The molecule has 104 valence electrons. The van der Waals surface area contributed by atoms with Crippen LogP contribution in [0.25, 0.3) is 0 Å². The van der Waals surface area contributed by atoms with Gasteiger partial charge in [-0.05, 0) is 47.0 Å². The topological polar surface area (TPSA) is 49.8 Å². The summed E-state index contributed by atoms with van der Waals surface area (Å²) in [5, 5.41) is 8.74. The fraction of sp³-hybridized carbons (Fsp3) is 0.500. The van der Waals surface area contributed by atoms with Crippen molar-refractivity contribution in [3.05, 3.63) is 28.2 Å². The van der Waals surface area contributed by atoms with Crippen LogP contribution in [0.15, 0.2) is 22.7 Å². The van der Waals surface area contributed by atoms with Gasteiger partial charge in [-0.1, -0.05) is 0 Å². The number of aldehydes is 1. The molecule has 1 saturated heterocycles. The largest absolute Gasteiger partial charge is 0.394 e. The van der Waals surface area contributed by atoms with Crippen molar-refractivity contribution in [2.45, 2.75) is 18.9 Å². The highest BCUT2D eigenvalue weighted by atomic mass is 79.9.